The minimum absolute atomic E-state index is 0.211. The zero-order valence-corrected chi connectivity index (χ0v) is 15.7. The molecule has 5 nitrogen and oxygen atoms in total. The van der Waals surface area contributed by atoms with Gasteiger partial charge in [0.05, 0.1) is 18.5 Å². The van der Waals surface area contributed by atoms with Crippen molar-refractivity contribution >= 4 is 34.5 Å². The summed E-state index contributed by atoms with van der Waals surface area (Å²) in [5.41, 5.74) is 1.86. The molecule has 0 N–H and O–H groups in total. The first kappa shape index (κ1) is 17.5. The SMILES string of the molecule is O=C(c1csc(-c2ccco2)n1)N(Cc1ccccn1)c1ccc(Cl)cc1. The van der Waals surface area contributed by atoms with Crippen LogP contribution in [0.15, 0.2) is 76.9 Å². The van der Waals surface area contributed by atoms with Gasteiger partial charge in [-0.1, -0.05) is 17.7 Å². The highest BCUT2D eigenvalue weighted by Gasteiger charge is 2.22. The summed E-state index contributed by atoms with van der Waals surface area (Å²) >= 11 is 7.36. The van der Waals surface area contributed by atoms with Crippen LogP contribution >= 0.6 is 22.9 Å². The Kier molecular flexibility index (Phi) is 5.00. The molecule has 0 unspecified atom stereocenters. The lowest BCUT2D eigenvalue weighted by molar-refractivity contribution is 0.0981. The number of benzene rings is 1. The number of anilines is 1. The molecule has 4 rings (SSSR count). The number of halogens is 1. The van der Waals surface area contributed by atoms with Crippen LogP contribution in [0.1, 0.15) is 16.2 Å². The number of hydrogen-bond acceptors (Lipinski definition) is 5. The van der Waals surface area contributed by atoms with Crippen LogP contribution in [-0.2, 0) is 6.54 Å². The van der Waals surface area contributed by atoms with Crippen molar-refractivity contribution in [3.05, 3.63) is 88.8 Å². The third-order valence-electron chi connectivity index (χ3n) is 3.88. The van der Waals surface area contributed by atoms with Crippen LogP contribution in [0.3, 0.4) is 0 Å². The van der Waals surface area contributed by atoms with E-state index in [0.29, 0.717) is 28.0 Å². The van der Waals surface area contributed by atoms with Crippen LogP contribution in [-0.4, -0.2) is 15.9 Å². The molecule has 0 fully saturated rings. The minimum Gasteiger partial charge on any atom is -0.462 e. The number of thiazole rings is 1. The second kappa shape index (κ2) is 7.73. The van der Waals surface area contributed by atoms with Gasteiger partial charge in [0.15, 0.2) is 10.8 Å². The molecule has 0 aliphatic heterocycles. The van der Waals surface area contributed by atoms with Crippen molar-refractivity contribution in [3.8, 4) is 10.8 Å². The van der Waals surface area contributed by atoms with E-state index >= 15 is 0 Å². The molecule has 0 atom stereocenters. The average molecular weight is 396 g/mol. The second-order valence-electron chi connectivity index (χ2n) is 5.70. The Balaban J connectivity index is 1.67. The Labute approximate surface area is 164 Å². The van der Waals surface area contributed by atoms with Gasteiger partial charge in [-0.15, -0.1) is 11.3 Å². The molecule has 0 bridgehead atoms. The maximum atomic E-state index is 13.2. The fourth-order valence-corrected chi connectivity index (χ4v) is 3.46. The van der Waals surface area contributed by atoms with Crippen molar-refractivity contribution in [2.24, 2.45) is 0 Å². The normalized spacial score (nSPS) is 10.7. The van der Waals surface area contributed by atoms with E-state index in [2.05, 4.69) is 9.97 Å². The standard InChI is InChI=1S/C20H14ClN3O2S/c21-14-6-8-16(9-7-14)24(12-15-4-1-2-10-22-15)20(25)17-13-27-19(23-17)18-5-3-11-26-18/h1-11,13H,12H2. The minimum atomic E-state index is -0.211. The Hall–Kier alpha value is -2.96. The van der Waals surface area contributed by atoms with E-state index < -0.39 is 0 Å². The number of furan rings is 1. The molecule has 134 valence electrons. The average Bonchev–Trinajstić information content (AvgIpc) is 3.39. The number of aromatic nitrogens is 2. The lowest BCUT2D eigenvalue weighted by Crippen LogP contribution is -2.31. The van der Waals surface area contributed by atoms with Crippen LogP contribution in [0.4, 0.5) is 5.69 Å². The molecule has 0 saturated carbocycles. The van der Waals surface area contributed by atoms with Gasteiger partial charge in [0.1, 0.15) is 5.69 Å². The van der Waals surface area contributed by atoms with Crippen molar-refractivity contribution in [2.45, 2.75) is 6.54 Å². The molecule has 7 heteroatoms. The number of carbonyl (C=O) groups is 1. The molecule has 4 aromatic rings. The van der Waals surface area contributed by atoms with Gasteiger partial charge in [-0.05, 0) is 48.5 Å². The fourth-order valence-electron chi connectivity index (χ4n) is 2.58. The first-order valence-corrected chi connectivity index (χ1v) is 9.43. The summed E-state index contributed by atoms with van der Waals surface area (Å²) in [6, 6.07) is 16.4. The predicted octanol–water partition coefficient (Wildman–Crippen LogP) is 5.30. The van der Waals surface area contributed by atoms with Gasteiger partial charge in [-0.25, -0.2) is 4.98 Å². The maximum absolute atomic E-state index is 13.2. The van der Waals surface area contributed by atoms with E-state index in [-0.39, 0.29) is 5.91 Å². The highest BCUT2D eigenvalue weighted by Crippen LogP contribution is 2.27. The zero-order valence-electron chi connectivity index (χ0n) is 14.1. The number of rotatable bonds is 5. The van der Waals surface area contributed by atoms with E-state index in [9.17, 15) is 4.79 Å². The summed E-state index contributed by atoms with van der Waals surface area (Å²) in [6.45, 7) is 0.328. The molecule has 3 aromatic heterocycles. The van der Waals surface area contributed by atoms with Gasteiger partial charge in [-0.2, -0.15) is 0 Å². The van der Waals surface area contributed by atoms with E-state index in [4.69, 9.17) is 16.0 Å². The van der Waals surface area contributed by atoms with Crippen molar-refractivity contribution in [1.29, 1.82) is 0 Å². The Morgan fingerprint density at radius 2 is 1.96 bits per heavy atom. The molecule has 1 amide bonds. The maximum Gasteiger partial charge on any atom is 0.278 e. The van der Waals surface area contributed by atoms with E-state index in [1.165, 1.54) is 11.3 Å². The quantitative estimate of drug-likeness (QED) is 0.460. The Morgan fingerprint density at radius 1 is 1.11 bits per heavy atom. The van der Waals surface area contributed by atoms with Gasteiger partial charge >= 0.3 is 0 Å². The number of carbonyl (C=O) groups excluding carboxylic acids is 1. The van der Waals surface area contributed by atoms with Crippen molar-refractivity contribution in [2.75, 3.05) is 4.90 Å². The summed E-state index contributed by atoms with van der Waals surface area (Å²) in [7, 11) is 0. The number of nitrogens with zero attached hydrogens (tertiary/aromatic N) is 3. The van der Waals surface area contributed by atoms with E-state index in [1.54, 1.807) is 40.9 Å². The van der Waals surface area contributed by atoms with Crippen molar-refractivity contribution in [3.63, 3.8) is 0 Å². The number of pyridine rings is 1. The Morgan fingerprint density at radius 3 is 2.67 bits per heavy atom. The van der Waals surface area contributed by atoms with Crippen LogP contribution in [0.25, 0.3) is 10.8 Å². The third kappa shape index (κ3) is 3.92. The highest BCUT2D eigenvalue weighted by atomic mass is 35.5. The summed E-state index contributed by atoms with van der Waals surface area (Å²) < 4.78 is 5.36. The summed E-state index contributed by atoms with van der Waals surface area (Å²) in [5, 5.41) is 3.01. The largest absolute Gasteiger partial charge is 0.462 e. The fraction of sp³-hybridized carbons (Fsp3) is 0.0500. The van der Waals surface area contributed by atoms with E-state index in [1.807, 2.05) is 36.4 Å². The molecule has 27 heavy (non-hydrogen) atoms. The monoisotopic (exact) mass is 395 g/mol. The van der Waals surface area contributed by atoms with Crippen LogP contribution in [0, 0.1) is 0 Å². The van der Waals surface area contributed by atoms with Crippen molar-refractivity contribution in [1.82, 2.24) is 9.97 Å². The van der Waals surface area contributed by atoms with Gasteiger partial charge < -0.3 is 9.32 Å². The van der Waals surface area contributed by atoms with Gasteiger partial charge in [0, 0.05) is 22.3 Å². The Bertz CT molecular complexity index is 1030. The number of hydrogen-bond donors (Lipinski definition) is 0. The summed E-state index contributed by atoms with van der Waals surface area (Å²) in [4.78, 5) is 23.6. The van der Waals surface area contributed by atoms with Crippen LogP contribution in [0.2, 0.25) is 5.02 Å². The predicted molar refractivity (Wildman–Crippen MR) is 106 cm³/mol. The molecule has 3 heterocycles. The molecule has 0 aliphatic rings. The van der Waals surface area contributed by atoms with E-state index in [0.717, 1.165) is 11.4 Å². The lowest BCUT2D eigenvalue weighted by Gasteiger charge is -2.21. The molecule has 1 aromatic carbocycles. The topological polar surface area (TPSA) is 59.2 Å². The molecule has 0 spiro atoms. The smallest absolute Gasteiger partial charge is 0.278 e. The molecule has 0 aliphatic carbocycles. The van der Waals surface area contributed by atoms with Gasteiger partial charge in [0.2, 0.25) is 0 Å². The van der Waals surface area contributed by atoms with Crippen molar-refractivity contribution < 1.29 is 9.21 Å². The van der Waals surface area contributed by atoms with Crippen LogP contribution in [0.5, 0.6) is 0 Å². The molecule has 0 saturated heterocycles. The third-order valence-corrected chi connectivity index (χ3v) is 4.99. The van der Waals surface area contributed by atoms with Crippen LogP contribution < -0.4 is 4.90 Å². The summed E-state index contributed by atoms with van der Waals surface area (Å²) in [6.07, 6.45) is 3.29. The number of amides is 1. The second-order valence-corrected chi connectivity index (χ2v) is 7.00. The first-order chi connectivity index (χ1) is 13.2. The lowest BCUT2D eigenvalue weighted by atomic mass is 10.2. The molecular formula is C20H14ClN3O2S. The van der Waals surface area contributed by atoms with Gasteiger partial charge in [0.25, 0.3) is 5.91 Å². The zero-order chi connectivity index (χ0) is 18.6. The highest BCUT2D eigenvalue weighted by molar-refractivity contribution is 7.13. The van der Waals surface area contributed by atoms with Gasteiger partial charge in [-0.3, -0.25) is 9.78 Å². The first-order valence-electron chi connectivity index (χ1n) is 8.17. The summed E-state index contributed by atoms with van der Waals surface area (Å²) in [5.74, 6) is 0.429. The molecular weight excluding hydrogens is 382 g/mol. The molecule has 0 radical (unpaired) electrons.